The van der Waals surface area contributed by atoms with E-state index < -0.39 is 0 Å². The van der Waals surface area contributed by atoms with E-state index in [1.807, 2.05) is 0 Å². The van der Waals surface area contributed by atoms with Crippen LogP contribution in [0.4, 0.5) is 0 Å². The van der Waals surface area contributed by atoms with Crippen LogP contribution in [-0.4, -0.2) is 23.9 Å². The van der Waals surface area contributed by atoms with Crippen LogP contribution in [0.3, 0.4) is 0 Å². The molecule has 3 aliphatic rings. The zero-order chi connectivity index (χ0) is 12.3. The number of fused-ring (bicyclic) bond motifs is 2. The van der Waals surface area contributed by atoms with Crippen molar-refractivity contribution >= 4 is 0 Å². The Morgan fingerprint density at radius 1 is 0.941 bits per heavy atom. The summed E-state index contributed by atoms with van der Waals surface area (Å²) in [6.45, 7) is 10.2. The van der Waals surface area contributed by atoms with E-state index in [1.165, 1.54) is 32.1 Å². The van der Waals surface area contributed by atoms with E-state index in [0.29, 0.717) is 17.4 Å². The molecule has 3 rings (SSSR count). The standard InChI is InChI=1S/C15H26O2/c1-13(2)7-5-8-14(3)11(13)6-9-15(4)12(17-15)10-16-14/h11-12H,5-10H2,1-4H3/t11-,12+,14-,15-/m0/s1. The lowest BCUT2D eigenvalue weighted by Crippen LogP contribution is -2.50. The molecule has 0 radical (unpaired) electrons. The summed E-state index contributed by atoms with van der Waals surface area (Å²) in [5.74, 6) is 0.686. The molecule has 0 bridgehead atoms. The van der Waals surface area contributed by atoms with Gasteiger partial charge in [-0.15, -0.1) is 0 Å². The fourth-order valence-corrected chi connectivity index (χ4v) is 4.36. The van der Waals surface area contributed by atoms with Crippen LogP contribution < -0.4 is 0 Å². The van der Waals surface area contributed by atoms with Gasteiger partial charge in [0.15, 0.2) is 0 Å². The first kappa shape index (κ1) is 12.0. The molecule has 2 heteroatoms. The second-order valence-corrected chi connectivity index (χ2v) is 7.48. The maximum absolute atomic E-state index is 6.30. The topological polar surface area (TPSA) is 21.8 Å². The lowest BCUT2D eigenvalue weighted by Gasteiger charge is -2.51. The van der Waals surface area contributed by atoms with Crippen molar-refractivity contribution in [2.75, 3.05) is 6.61 Å². The molecule has 0 N–H and O–H groups in total. The number of rotatable bonds is 0. The summed E-state index contributed by atoms with van der Waals surface area (Å²) in [6.07, 6.45) is 6.72. The van der Waals surface area contributed by atoms with Gasteiger partial charge in [-0.05, 0) is 50.9 Å². The Kier molecular flexibility index (Phi) is 2.45. The molecule has 0 aromatic rings. The molecule has 17 heavy (non-hydrogen) atoms. The molecule has 98 valence electrons. The first-order chi connectivity index (χ1) is 7.86. The highest BCUT2D eigenvalue weighted by atomic mass is 16.6. The Morgan fingerprint density at radius 3 is 2.47 bits per heavy atom. The van der Waals surface area contributed by atoms with Gasteiger partial charge < -0.3 is 9.47 Å². The zero-order valence-corrected chi connectivity index (χ0v) is 11.7. The van der Waals surface area contributed by atoms with Crippen LogP contribution >= 0.6 is 0 Å². The minimum Gasteiger partial charge on any atom is -0.372 e. The third-order valence-electron chi connectivity index (χ3n) is 5.70. The molecule has 1 saturated carbocycles. The van der Waals surface area contributed by atoms with Crippen molar-refractivity contribution in [2.45, 2.75) is 77.1 Å². The molecule has 2 aliphatic heterocycles. The fourth-order valence-electron chi connectivity index (χ4n) is 4.36. The van der Waals surface area contributed by atoms with Crippen LogP contribution in [0.1, 0.15) is 59.8 Å². The normalized spacial score (nSPS) is 52.9. The lowest BCUT2D eigenvalue weighted by atomic mass is 9.59. The van der Waals surface area contributed by atoms with Crippen molar-refractivity contribution in [1.82, 2.24) is 0 Å². The van der Waals surface area contributed by atoms with Crippen LogP contribution in [-0.2, 0) is 9.47 Å². The lowest BCUT2D eigenvalue weighted by molar-refractivity contribution is -0.143. The summed E-state index contributed by atoms with van der Waals surface area (Å²) < 4.78 is 12.1. The zero-order valence-electron chi connectivity index (χ0n) is 11.7. The van der Waals surface area contributed by atoms with E-state index in [4.69, 9.17) is 9.47 Å². The number of ether oxygens (including phenoxy) is 2. The molecule has 3 fully saturated rings. The summed E-state index contributed by atoms with van der Waals surface area (Å²) in [5.41, 5.74) is 0.648. The number of hydrogen-bond acceptors (Lipinski definition) is 2. The van der Waals surface area contributed by atoms with E-state index in [2.05, 4.69) is 27.7 Å². The van der Waals surface area contributed by atoms with Gasteiger partial charge in [-0.2, -0.15) is 0 Å². The number of epoxide rings is 1. The SMILES string of the molecule is CC1(C)CCC[C@]2(C)OC[C@H]3O[C@@]3(C)CC[C@@H]12. The molecule has 2 nitrogen and oxygen atoms in total. The summed E-state index contributed by atoms with van der Waals surface area (Å²) in [5, 5.41) is 0. The van der Waals surface area contributed by atoms with Gasteiger partial charge >= 0.3 is 0 Å². The van der Waals surface area contributed by atoms with Crippen LogP contribution in [0.15, 0.2) is 0 Å². The van der Waals surface area contributed by atoms with E-state index >= 15 is 0 Å². The second-order valence-electron chi connectivity index (χ2n) is 7.48. The van der Waals surface area contributed by atoms with E-state index in [0.717, 1.165) is 6.61 Å². The predicted molar refractivity (Wildman–Crippen MR) is 68.0 cm³/mol. The molecule has 0 aromatic carbocycles. The molecule has 0 amide bonds. The molecule has 0 unspecified atom stereocenters. The average molecular weight is 238 g/mol. The van der Waals surface area contributed by atoms with Crippen LogP contribution in [0.2, 0.25) is 0 Å². The van der Waals surface area contributed by atoms with Crippen LogP contribution in [0, 0.1) is 11.3 Å². The van der Waals surface area contributed by atoms with Crippen LogP contribution in [0.5, 0.6) is 0 Å². The van der Waals surface area contributed by atoms with Gasteiger partial charge in [0.05, 0.1) is 17.8 Å². The van der Waals surface area contributed by atoms with Gasteiger partial charge in [0.1, 0.15) is 6.10 Å². The molecule has 2 saturated heterocycles. The Bertz CT molecular complexity index is 325. The van der Waals surface area contributed by atoms with Crippen molar-refractivity contribution < 1.29 is 9.47 Å². The minimum atomic E-state index is 0.0923. The average Bonchev–Trinajstić information content (AvgIpc) is 2.83. The molecule has 2 heterocycles. The van der Waals surface area contributed by atoms with Gasteiger partial charge in [0.2, 0.25) is 0 Å². The highest BCUT2D eigenvalue weighted by Gasteiger charge is 2.57. The van der Waals surface area contributed by atoms with E-state index in [-0.39, 0.29) is 11.2 Å². The maximum Gasteiger partial charge on any atom is 0.110 e. The van der Waals surface area contributed by atoms with Gasteiger partial charge in [-0.1, -0.05) is 20.3 Å². The van der Waals surface area contributed by atoms with Crippen molar-refractivity contribution in [3.63, 3.8) is 0 Å². The van der Waals surface area contributed by atoms with Gasteiger partial charge in [0, 0.05) is 0 Å². The summed E-state index contributed by atoms with van der Waals surface area (Å²) >= 11 is 0. The van der Waals surface area contributed by atoms with E-state index in [1.54, 1.807) is 0 Å². The first-order valence-corrected chi connectivity index (χ1v) is 7.18. The monoisotopic (exact) mass is 238 g/mol. The van der Waals surface area contributed by atoms with Gasteiger partial charge in [-0.25, -0.2) is 0 Å². The Balaban J connectivity index is 1.84. The smallest absolute Gasteiger partial charge is 0.110 e. The van der Waals surface area contributed by atoms with E-state index in [9.17, 15) is 0 Å². The summed E-state index contributed by atoms with van der Waals surface area (Å²) in [7, 11) is 0. The van der Waals surface area contributed by atoms with Crippen molar-refractivity contribution in [3.8, 4) is 0 Å². The minimum absolute atomic E-state index is 0.0923. The molecular formula is C15H26O2. The third kappa shape index (κ3) is 1.84. The fraction of sp³-hybridized carbons (Fsp3) is 1.00. The molecule has 0 spiro atoms. The molecular weight excluding hydrogens is 212 g/mol. The quantitative estimate of drug-likeness (QED) is 0.602. The van der Waals surface area contributed by atoms with Crippen molar-refractivity contribution in [1.29, 1.82) is 0 Å². The Morgan fingerprint density at radius 2 is 1.71 bits per heavy atom. The van der Waals surface area contributed by atoms with Gasteiger partial charge in [0.25, 0.3) is 0 Å². The van der Waals surface area contributed by atoms with Crippen molar-refractivity contribution in [2.24, 2.45) is 11.3 Å². The molecule has 0 aromatic heterocycles. The molecule has 1 aliphatic carbocycles. The summed E-state index contributed by atoms with van der Waals surface area (Å²) in [6, 6.07) is 0. The van der Waals surface area contributed by atoms with Gasteiger partial charge in [-0.3, -0.25) is 0 Å². The highest BCUT2D eigenvalue weighted by Crippen LogP contribution is 2.54. The predicted octanol–water partition coefficient (Wildman–Crippen LogP) is 3.54. The Hall–Kier alpha value is -0.0800. The van der Waals surface area contributed by atoms with Crippen LogP contribution in [0.25, 0.3) is 0 Å². The van der Waals surface area contributed by atoms with Crippen molar-refractivity contribution in [3.05, 3.63) is 0 Å². The molecule has 4 atom stereocenters. The largest absolute Gasteiger partial charge is 0.372 e. The Labute approximate surface area is 105 Å². The summed E-state index contributed by atoms with van der Waals surface area (Å²) in [4.78, 5) is 0. The highest BCUT2D eigenvalue weighted by molar-refractivity contribution is 5.05. The second kappa shape index (κ2) is 3.48. The third-order valence-corrected chi connectivity index (χ3v) is 5.70. The number of hydrogen-bond donors (Lipinski definition) is 0. The first-order valence-electron chi connectivity index (χ1n) is 7.18. The maximum atomic E-state index is 6.30.